The molecule has 1 atom stereocenters. The van der Waals surface area contributed by atoms with Crippen molar-refractivity contribution >= 4 is 22.7 Å². The summed E-state index contributed by atoms with van der Waals surface area (Å²) in [7, 11) is 4.90. The Morgan fingerprint density at radius 1 is 1.12 bits per heavy atom. The van der Waals surface area contributed by atoms with E-state index in [1.54, 1.807) is 26.2 Å². The number of hydrogen-bond donors (Lipinski definition) is 1. The molecule has 1 saturated carbocycles. The highest BCUT2D eigenvalue weighted by Gasteiger charge is 2.48. The Hall–Kier alpha value is -2.74. The monoisotopic (exact) mass is 459 g/mol. The molecule has 2 aromatic rings. The lowest BCUT2D eigenvalue weighted by molar-refractivity contribution is -0.133. The molecular formula is C25H37N3O5. The maximum atomic E-state index is 13.4. The molecule has 2 aliphatic rings. The fraction of sp³-hybridized carbons (Fsp3) is 0.600. The van der Waals surface area contributed by atoms with Crippen LogP contribution in [0.2, 0.25) is 0 Å². The van der Waals surface area contributed by atoms with E-state index in [0.29, 0.717) is 30.3 Å². The lowest BCUT2D eigenvalue weighted by atomic mass is 9.94. The number of ether oxygens (including phenoxy) is 3. The molecule has 8 heteroatoms. The molecule has 1 unspecified atom stereocenters. The minimum atomic E-state index is -0.971. The standard InChI is InChI=1S/C22H29N3O4.C3H8O/c1-5-25-20(26)16-12-15-17(28-3)10-11-18(29-4)19(15)24(16)13-22(25,2)21(27)23-14-8-6-7-9-14;1-3-4-2/h10-12,14H,5-9,13H2,1-4H3,(H,23,27);3H2,1-2H3. The number of fused-ring (bicyclic) bond motifs is 3. The summed E-state index contributed by atoms with van der Waals surface area (Å²) in [6, 6.07) is 5.71. The molecule has 8 nitrogen and oxygen atoms in total. The molecule has 33 heavy (non-hydrogen) atoms. The maximum absolute atomic E-state index is 13.4. The zero-order valence-electron chi connectivity index (χ0n) is 20.7. The van der Waals surface area contributed by atoms with Gasteiger partial charge in [0, 0.05) is 31.7 Å². The molecule has 4 rings (SSSR count). The van der Waals surface area contributed by atoms with Gasteiger partial charge in [-0.15, -0.1) is 0 Å². The van der Waals surface area contributed by atoms with Gasteiger partial charge in [0.15, 0.2) is 0 Å². The predicted molar refractivity (Wildman–Crippen MR) is 128 cm³/mol. The molecule has 1 aliphatic heterocycles. The number of methoxy groups -OCH3 is 3. The zero-order chi connectivity index (χ0) is 24.2. The molecule has 0 radical (unpaired) electrons. The van der Waals surface area contributed by atoms with Gasteiger partial charge < -0.3 is 29.0 Å². The molecule has 0 spiro atoms. The fourth-order valence-corrected chi connectivity index (χ4v) is 4.86. The van der Waals surface area contributed by atoms with Gasteiger partial charge in [0.2, 0.25) is 5.91 Å². The van der Waals surface area contributed by atoms with Gasteiger partial charge in [0.1, 0.15) is 22.7 Å². The smallest absolute Gasteiger partial charge is 0.271 e. The first kappa shape index (κ1) is 24.9. The summed E-state index contributed by atoms with van der Waals surface area (Å²) in [6.45, 7) is 7.38. The van der Waals surface area contributed by atoms with Crippen LogP contribution in [-0.4, -0.2) is 67.3 Å². The summed E-state index contributed by atoms with van der Waals surface area (Å²) in [5.41, 5.74) is 0.364. The first-order valence-corrected chi connectivity index (χ1v) is 11.7. The van der Waals surface area contributed by atoms with Gasteiger partial charge in [0.05, 0.1) is 26.3 Å². The largest absolute Gasteiger partial charge is 0.496 e. The van der Waals surface area contributed by atoms with Crippen LogP contribution >= 0.6 is 0 Å². The highest BCUT2D eigenvalue weighted by molar-refractivity contribution is 6.05. The summed E-state index contributed by atoms with van der Waals surface area (Å²) >= 11 is 0. The number of benzene rings is 1. The van der Waals surface area contributed by atoms with Gasteiger partial charge in [-0.3, -0.25) is 9.59 Å². The van der Waals surface area contributed by atoms with E-state index in [9.17, 15) is 9.59 Å². The topological polar surface area (TPSA) is 82.0 Å². The lowest BCUT2D eigenvalue weighted by Crippen LogP contribution is -2.64. The Labute approximate surface area is 196 Å². The SMILES string of the molecule is CCN1C(=O)c2cc3c(OC)ccc(OC)c3n2CC1(C)C(=O)NC1CCCC1.CCOC. The third-order valence-corrected chi connectivity index (χ3v) is 6.73. The third kappa shape index (κ3) is 4.53. The Kier molecular flexibility index (Phi) is 7.89. The summed E-state index contributed by atoms with van der Waals surface area (Å²) in [6.07, 6.45) is 4.29. The Balaban J connectivity index is 0.000000709. The minimum absolute atomic E-state index is 0.0889. The number of nitrogens with zero attached hydrogens (tertiary/aromatic N) is 2. The molecule has 0 saturated heterocycles. The van der Waals surface area contributed by atoms with Crippen molar-refractivity contribution < 1.29 is 23.8 Å². The second-order valence-corrected chi connectivity index (χ2v) is 8.70. The van der Waals surface area contributed by atoms with Crippen molar-refractivity contribution in [2.45, 2.75) is 64.6 Å². The van der Waals surface area contributed by atoms with Crippen molar-refractivity contribution in [3.8, 4) is 11.5 Å². The van der Waals surface area contributed by atoms with Crippen LogP contribution in [0.15, 0.2) is 18.2 Å². The fourth-order valence-electron chi connectivity index (χ4n) is 4.86. The summed E-state index contributed by atoms with van der Waals surface area (Å²) in [4.78, 5) is 28.5. The van der Waals surface area contributed by atoms with Gasteiger partial charge in [-0.2, -0.15) is 0 Å². The van der Waals surface area contributed by atoms with Gasteiger partial charge >= 0.3 is 0 Å². The van der Waals surface area contributed by atoms with Crippen molar-refractivity contribution in [2.24, 2.45) is 0 Å². The van der Waals surface area contributed by atoms with Gasteiger partial charge in [-0.25, -0.2) is 0 Å². The number of amides is 2. The maximum Gasteiger partial charge on any atom is 0.271 e. The molecule has 2 amide bonds. The zero-order valence-corrected chi connectivity index (χ0v) is 20.7. The number of rotatable bonds is 6. The molecule has 0 bridgehead atoms. The molecular weight excluding hydrogens is 422 g/mol. The Bertz CT molecular complexity index is 994. The molecule has 1 aromatic carbocycles. The van der Waals surface area contributed by atoms with E-state index >= 15 is 0 Å². The molecule has 1 fully saturated rings. The van der Waals surface area contributed by atoms with Crippen molar-refractivity contribution in [3.63, 3.8) is 0 Å². The van der Waals surface area contributed by atoms with Gasteiger partial charge in [-0.1, -0.05) is 12.8 Å². The molecule has 182 valence electrons. The summed E-state index contributed by atoms with van der Waals surface area (Å²) in [5.74, 6) is 1.09. The van der Waals surface area contributed by atoms with Crippen LogP contribution in [0.4, 0.5) is 0 Å². The van der Waals surface area contributed by atoms with Gasteiger partial charge in [-0.05, 0) is 51.8 Å². The number of aromatic nitrogens is 1. The predicted octanol–water partition coefficient (Wildman–Crippen LogP) is 3.60. The number of hydrogen-bond acceptors (Lipinski definition) is 5. The van der Waals surface area contributed by atoms with Crippen LogP contribution in [0.3, 0.4) is 0 Å². The molecule has 1 aliphatic carbocycles. The Morgan fingerprint density at radius 3 is 2.27 bits per heavy atom. The van der Waals surface area contributed by atoms with Crippen molar-refractivity contribution in [2.75, 3.05) is 34.5 Å². The van der Waals surface area contributed by atoms with Crippen molar-refractivity contribution in [1.29, 1.82) is 0 Å². The second-order valence-electron chi connectivity index (χ2n) is 8.70. The average Bonchev–Trinajstić information content (AvgIpc) is 3.47. The Morgan fingerprint density at radius 2 is 1.73 bits per heavy atom. The lowest BCUT2D eigenvalue weighted by Gasteiger charge is -2.44. The van der Waals surface area contributed by atoms with Gasteiger partial charge in [0.25, 0.3) is 5.91 Å². The van der Waals surface area contributed by atoms with Crippen LogP contribution < -0.4 is 14.8 Å². The van der Waals surface area contributed by atoms with Crippen LogP contribution in [0, 0.1) is 0 Å². The van der Waals surface area contributed by atoms with E-state index in [0.717, 1.165) is 43.2 Å². The summed E-state index contributed by atoms with van der Waals surface area (Å²) < 4.78 is 17.5. The third-order valence-electron chi connectivity index (χ3n) is 6.73. The van der Waals surface area contributed by atoms with E-state index in [4.69, 9.17) is 9.47 Å². The molecule has 1 N–H and O–H groups in total. The van der Waals surface area contributed by atoms with E-state index in [1.807, 2.05) is 43.5 Å². The first-order valence-electron chi connectivity index (χ1n) is 11.7. The number of carbonyl (C=O) groups is 2. The molecule has 2 heterocycles. The van der Waals surface area contributed by atoms with Crippen molar-refractivity contribution in [1.82, 2.24) is 14.8 Å². The van der Waals surface area contributed by atoms with E-state index in [-0.39, 0.29) is 17.9 Å². The van der Waals surface area contributed by atoms with Crippen molar-refractivity contribution in [3.05, 3.63) is 23.9 Å². The number of carbonyl (C=O) groups excluding carboxylic acids is 2. The molecule has 1 aromatic heterocycles. The van der Waals surface area contributed by atoms with Crippen LogP contribution in [0.5, 0.6) is 11.5 Å². The minimum Gasteiger partial charge on any atom is -0.496 e. The first-order chi connectivity index (χ1) is 15.9. The van der Waals surface area contributed by atoms with E-state index in [1.165, 1.54) is 0 Å². The average molecular weight is 460 g/mol. The summed E-state index contributed by atoms with van der Waals surface area (Å²) in [5, 5.41) is 4.01. The highest BCUT2D eigenvalue weighted by atomic mass is 16.5. The van der Waals surface area contributed by atoms with Crippen LogP contribution in [0.25, 0.3) is 10.9 Å². The van der Waals surface area contributed by atoms with E-state index in [2.05, 4.69) is 10.1 Å². The highest BCUT2D eigenvalue weighted by Crippen LogP contribution is 2.40. The second kappa shape index (κ2) is 10.5. The number of nitrogens with one attached hydrogen (secondary N) is 1. The number of likely N-dealkylation sites (N-methyl/N-ethyl adjacent to an activating group) is 1. The van der Waals surface area contributed by atoms with Crippen LogP contribution in [-0.2, 0) is 16.1 Å². The van der Waals surface area contributed by atoms with Crippen LogP contribution in [0.1, 0.15) is 56.9 Å². The van der Waals surface area contributed by atoms with E-state index < -0.39 is 5.54 Å². The quantitative estimate of drug-likeness (QED) is 0.714. The normalized spacial score (nSPS) is 20.3.